The van der Waals surface area contributed by atoms with Crippen LogP contribution in [0.4, 0.5) is 0 Å². The number of methoxy groups -OCH3 is 2. The average Bonchev–Trinajstić information content (AvgIpc) is 2.16. The van der Waals surface area contributed by atoms with Crippen molar-refractivity contribution in [2.75, 3.05) is 20.5 Å². The van der Waals surface area contributed by atoms with E-state index in [1.54, 1.807) is 18.9 Å². The molecule has 0 aromatic heterocycles. The molecule has 2 atom stereocenters. The van der Waals surface area contributed by atoms with Crippen LogP contribution in [-0.4, -0.2) is 37.8 Å². The third-order valence-corrected chi connectivity index (χ3v) is 3.47. The van der Waals surface area contributed by atoms with E-state index in [0.29, 0.717) is 0 Å². The highest BCUT2D eigenvalue weighted by atomic mass is 32.2. The first-order valence-corrected chi connectivity index (χ1v) is 5.84. The van der Waals surface area contributed by atoms with Gasteiger partial charge in [-0.1, -0.05) is 6.92 Å². The molecule has 0 aliphatic carbocycles. The summed E-state index contributed by atoms with van der Waals surface area (Å²) in [6, 6.07) is 0. The monoisotopic (exact) mass is 220 g/mol. The summed E-state index contributed by atoms with van der Waals surface area (Å²) in [4.78, 5) is 11.5. The SMILES string of the molecule is COC(=O)C(C)(C)[C@@H](OC)[C@@H](C)SC. The smallest absolute Gasteiger partial charge is 0.313 e. The van der Waals surface area contributed by atoms with Crippen LogP contribution in [0.15, 0.2) is 0 Å². The number of hydrogen-bond acceptors (Lipinski definition) is 4. The Morgan fingerprint density at radius 2 is 1.86 bits per heavy atom. The molecule has 3 nitrogen and oxygen atoms in total. The Morgan fingerprint density at radius 1 is 1.36 bits per heavy atom. The van der Waals surface area contributed by atoms with Crippen molar-refractivity contribution in [3.05, 3.63) is 0 Å². The van der Waals surface area contributed by atoms with E-state index in [9.17, 15) is 4.79 Å². The highest BCUT2D eigenvalue weighted by Gasteiger charge is 2.41. The van der Waals surface area contributed by atoms with Gasteiger partial charge in [0, 0.05) is 12.4 Å². The minimum absolute atomic E-state index is 0.134. The molecule has 0 amide bonds. The molecule has 0 bridgehead atoms. The summed E-state index contributed by atoms with van der Waals surface area (Å²) in [5.74, 6) is -0.231. The minimum atomic E-state index is -0.605. The lowest BCUT2D eigenvalue weighted by Crippen LogP contribution is -2.44. The Bertz CT molecular complexity index is 192. The third-order valence-electron chi connectivity index (χ3n) is 2.47. The maximum atomic E-state index is 11.5. The van der Waals surface area contributed by atoms with Crippen LogP contribution in [-0.2, 0) is 14.3 Å². The first kappa shape index (κ1) is 13.8. The van der Waals surface area contributed by atoms with Gasteiger partial charge >= 0.3 is 5.97 Å². The Labute approximate surface area is 90.5 Å². The number of thioether (sulfide) groups is 1. The first-order chi connectivity index (χ1) is 6.41. The number of carbonyl (C=O) groups excluding carboxylic acids is 1. The Kier molecular flexibility index (Phi) is 5.52. The summed E-state index contributed by atoms with van der Waals surface area (Å²) >= 11 is 1.68. The summed E-state index contributed by atoms with van der Waals surface area (Å²) < 4.78 is 10.1. The summed E-state index contributed by atoms with van der Waals surface area (Å²) in [5, 5.41) is 0.258. The highest BCUT2D eigenvalue weighted by Crippen LogP contribution is 2.31. The van der Waals surface area contributed by atoms with Gasteiger partial charge in [-0.3, -0.25) is 4.79 Å². The average molecular weight is 220 g/mol. The van der Waals surface area contributed by atoms with E-state index in [-0.39, 0.29) is 17.3 Å². The van der Waals surface area contributed by atoms with Crippen molar-refractivity contribution in [2.45, 2.75) is 32.1 Å². The van der Waals surface area contributed by atoms with Gasteiger partial charge < -0.3 is 9.47 Å². The van der Waals surface area contributed by atoms with E-state index < -0.39 is 5.41 Å². The van der Waals surface area contributed by atoms with E-state index in [1.807, 2.05) is 27.0 Å². The van der Waals surface area contributed by atoms with Crippen LogP contribution in [0.5, 0.6) is 0 Å². The van der Waals surface area contributed by atoms with Gasteiger partial charge in [0.2, 0.25) is 0 Å². The zero-order valence-corrected chi connectivity index (χ0v) is 10.6. The molecule has 0 saturated heterocycles. The lowest BCUT2D eigenvalue weighted by molar-refractivity contribution is -0.158. The first-order valence-electron chi connectivity index (χ1n) is 4.55. The molecular weight excluding hydrogens is 200 g/mol. The van der Waals surface area contributed by atoms with Crippen molar-refractivity contribution in [1.29, 1.82) is 0 Å². The van der Waals surface area contributed by atoms with Crippen LogP contribution < -0.4 is 0 Å². The number of esters is 1. The molecule has 0 spiro atoms. The van der Waals surface area contributed by atoms with Gasteiger partial charge in [-0.05, 0) is 20.1 Å². The largest absolute Gasteiger partial charge is 0.469 e. The fourth-order valence-corrected chi connectivity index (χ4v) is 2.27. The second-order valence-electron chi connectivity index (χ2n) is 3.81. The van der Waals surface area contributed by atoms with Gasteiger partial charge in [-0.2, -0.15) is 11.8 Å². The van der Waals surface area contributed by atoms with Crippen LogP contribution in [0.2, 0.25) is 0 Å². The van der Waals surface area contributed by atoms with Crippen molar-refractivity contribution in [2.24, 2.45) is 5.41 Å². The van der Waals surface area contributed by atoms with Crippen LogP contribution >= 0.6 is 11.8 Å². The van der Waals surface area contributed by atoms with Crippen molar-refractivity contribution in [1.82, 2.24) is 0 Å². The van der Waals surface area contributed by atoms with Gasteiger partial charge in [0.05, 0.1) is 18.6 Å². The number of rotatable bonds is 5. The molecular formula is C10H20O3S. The van der Waals surface area contributed by atoms with E-state index in [2.05, 4.69) is 0 Å². The zero-order valence-electron chi connectivity index (χ0n) is 9.79. The fourth-order valence-electron chi connectivity index (χ4n) is 1.58. The van der Waals surface area contributed by atoms with Gasteiger partial charge in [0.1, 0.15) is 0 Å². The second-order valence-corrected chi connectivity index (χ2v) is 5.03. The predicted molar refractivity (Wildman–Crippen MR) is 59.6 cm³/mol. The molecule has 0 radical (unpaired) electrons. The van der Waals surface area contributed by atoms with Crippen molar-refractivity contribution in [3.63, 3.8) is 0 Å². The quantitative estimate of drug-likeness (QED) is 0.663. The molecule has 0 N–H and O–H groups in total. The normalized spacial score (nSPS) is 16.1. The van der Waals surface area contributed by atoms with E-state index in [0.717, 1.165) is 0 Å². The molecule has 0 aliphatic rings. The van der Waals surface area contributed by atoms with Crippen LogP contribution in [0.25, 0.3) is 0 Å². The molecule has 0 rings (SSSR count). The Morgan fingerprint density at radius 3 is 2.14 bits per heavy atom. The van der Waals surface area contributed by atoms with Crippen LogP contribution in [0.3, 0.4) is 0 Å². The lowest BCUT2D eigenvalue weighted by atomic mass is 9.85. The van der Waals surface area contributed by atoms with E-state index in [1.165, 1.54) is 7.11 Å². The highest BCUT2D eigenvalue weighted by molar-refractivity contribution is 7.99. The molecule has 84 valence electrons. The molecule has 0 fully saturated rings. The zero-order chi connectivity index (χ0) is 11.4. The maximum absolute atomic E-state index is 11.5. The van der Waals surface area contributed by atoms with Gasteiger partial charge in [-0.25, -0.2) is 0 Å². The lowest BCUT2D eigenvalue weighted by Gasteiger charge is -2.33. The topological polar surface area (TPSA) is 35.5 Å². The molecule has 0 heterocycles. The van der Waals surface area contributed by atoms with Gasteiger partial charge in [0.15, 0.2) is 0 Å². The molecule has 0 aromatic carbocycles. The minimum Gasteiger partial charge on any atom is -0.469 e. The summed E-state index contributed by atoms with van der Waals surface area (Å²) in [6.45, 7) is 5.74. The Hall–Kier alpha value is -0.220. The third kappa shape index (κ3) is 2.89. The van der Waals surface area contributed by atoms with Crippen molar-refractivity contribution in [3.8, 4) is 0 Å². The molecule has 4 heteroatoms. The maximum Gasteiger partial charge on any atom is 0.313 e. The van der Waals surface area contributed by atoms with Crippen molar-refractivity contribution < 1.29 is 14.3 Å². The standard InChI is InChI=1S/C10H20O3S/c1-7(14-6)8(12-4)10(2,3)9(11)13-5/h7-8H,1-6H3/t7-,8+/m1/s1. The molecule has 0 unspecified atom stereocenters. The number of hydrogen-bond donors (Lipinski definition) is 0. The molecule has 0 saturated carbocycles. The number of carbonyl (C=O) groups is 1. The Balaban J connectivity index is 4.73. The number of ether oxygens (including phenoxy) is 2. The summed E-state index contributed by atoms with van der Waals surface area (Å²) in [7, 11) is 3.03. The molecule has 14 heavy (non-hydrogen) atoms. The van der Waals surface area contributed by atoms with E-state index >= 15 is 0 Å². The fraction of sp³-hybridized carbons (Fsp3) is 0.900. The van der Waals surface area contributed by atoms with Crippen LogP contribution in [0.1, 0.15) is 20.8 Å². The van der Waals surface area contributed by atoms with Crippen molar-refractivity contribution >= 4 is 17.7 Å². The predicted octanol–water partition coefficient (Wildman–Crippen LogP) is 1.95. The summed E-state index contributed by atoms with van der Waals surface area (Å²) in [6.07, 6.45) is 1.87. The van der Waals surface area contributed by atoms with Gasteiger partial charge in [0.25, 0.3) is 0 Å². The van der Waals surface area contributed by atoms with Gasteiger partial charge in [-0.15, -0.1) is 0 Å². The van der Waals surface area contributed by atoms with Crippen LogP contribution in [0, 0.1) is 5.41 Å². The molecule has 0 aliphatic heterocycles. The second kappa shape index (κ2) is 5.61. The van der Waals surface area contributed by atoms with E-state index in [4.69, 9.17) is 9.47 Å². The summed E-state index contributed by atoms with van der Waals surface area (Å²) in [5.41, 5.74) is -0.605. The molecule has 0 aromatic rings.